The van der Waals surface area contributed by atoms with Crippen molar-refractivity contribution < 1.29 is 14.7 Å². The molecule has 0 unspecified atom stereocenters. The number of carboxylic acids is 1. The lowest BCUT2D eigenvalue weighted by molar-refractivity contribution is -0.119. The van der Waals surface area contributed by atoms with Crippen molar-refractivity contribution in [3.8, 4) is 0 Å². The molecule has 1 aliphatic rings. The smallest absolute Gasteiger partial charge is 0.337 e. The molecule has 19 heavy (non-hydrogen) atoms. The number of carbonyl (C=O) groups is 2. The molecule has 0 heterocycles. The number of rotatable bonds is 5. The zero-order chi connectivity index (χ0) is 14.0. The maximum atomic E-state index is 11.7. The van der Waals surface area contributed by atoms with Crippen LogP contribution in [0.3, 0.4) is 0 Å². The molecule has 1 fully saturated rings. The Labute approximate surface area is 112 Å². The van der Waals surface area contributed by atoms with Crippen LogP contribution in [-0.2, 0) is 4.79 Å². The molecule has 0 saturated heterocycles. The van der Waals surface area contributed by atoms with Crippen molar-refractivity contribution in [1.82, 2.24) is 5.32 Å². The summed E-state index contributed by atoms with van der Waals surface area (Å²) in [6.45, 7) is 2.01. The first-order valence-corrected chi connectivity index (χ1v) is 6.32. The molecule has 102 valence electrons. The molecule has 1 aromatic rings. The number of aromatic carboxylic acids is 1. The first kappa shape index (κ1) is 13.4. The van der Waals surface area contributed by atoms with Crippen molar-refractivity contribution in [3.05, 3.63) is 29.3 Å². The standard InChI is InChI=1S/C14H18N2O3/c1-9-3-6-12(11(7-9)14(18)19)16(2)8-13(17)15-10-4-5-10/h3,6-7,10H,4-5,8H2,1-2H3,(H,15,17)(H,18,19). The van der Waals surface area contributed by atoms with Gasteiger partial charge in [0.2, 0.25) is 5.91 Å². The number of nitrogens with one attached hydrogen (secondary N) is 1. The predicted molar refractivity (Wildman–Crippen MR) is 72.6 cm³/mol. The molecule has 1 aromatic carbocycles. The Bertz CT molecular complexity index is 509. The second-order valence-corrected chi connectivity index (χ2v) is 5.02. The summed E-state index contributed by atoms with van der Waals surface area (Å²) in [5.41, 5.74) is 1.67. The van der Waals surface area contributed by atoms with Crippen molar-refractivity contribution in [2.24, 2.45) is 0 Å². The summed E-state index contributed by atoms with van der Waals surface area (Å²) < 4.78 is 0. The molecule has 1 saturated carbocycles. The van der Waals surface area contributed by atoms with Gasteiger partial charge in [-0.1, -0.05) is 11.6 Å². The fourth-order valence-electron chi connectivity index (χ4n) is 1.96. The third-order valence-electron chi connectivity index (χ3n) is 3.12. The SMILES string of the molecule is Cc1ccc(N(C)CC(=O)NC2CC2)c(C(=O)O)c1. The third kappa shape index (κ3) is 3.47. The van der Waals surface area contributed by atoms with Gasteiger partial charge in [0, 0.05) is 13.1 Å². The molecule has 0 aromatic heterocycles. The van der Waals surface area contributed by atoms with Crippen LogP contribution < -0.4 is 10.2 Å². The van der Waals surface area contributed by atoms with E-state index in [0.717, 1.165) is 18.4 Å². The quantitative estimate of drug-likeness (QED) is 0.841. The number of carboxylic acid groups (broad SMARTS) is 1. The van der Waals surface area contributed by atoms with E-state index in [2.05, 4.69) is 5.32 Å². The van der Waals surface area contributed by atoms with Crippen LogP contribution in [0, 0.1) is 6.92 Å². The molecule has 1 amide bonds. The van der Waals surface area contributed by atoms with Crippen molar-refractivity contribution in [2.45, 2.75) is 25.8 Å². The number of amides is 1. The van der Waals surface area contributed by atoms with Gasteiger partial charge in [-0.25, -0.2) is 4.79 Å². The highest BCUT2D eigenvalue weighted by Crippen LogP contribution is 2.22. The topological polar surface area (TPSA) is 69.6 Å². The predicted octanol–water partition coefficient (Wildman–Crippen LogP) is 1.41. The van der Waals surface area contributed by atoms with Gasteiger partial charge >= 0.3 is 5.97 Å². The summed E-state index contributed by atoms with van der Waals surface area (Å²) in [4.78, 5) is 24.6. The lowest BCUT2D eigenvalue weighted by Gasteiger charge is -2.21. The summed E-state index contributed by atoms with van der Waals surface area (Å²) in [6, 6.07) is 5.52. The fourth-order valence-corrected chi connectivity index (χ4v) is 1.96. The van der Waals surface area contributed by atoms with E-state index in [0.29, 0.717) is 11.7 Å². The van der Waals surface area contributed by atoms with Gasteiger partial charge in [0.1, 0.15) is 0 Å². The molecule has 0 bridgehead atoms. The Morgan fingerprint density at radius 1 is 1.42 bits per heavy atom. The van der Waals surface area contributed by atoms with Gasteiger partial charge in [-0.05, 0) is 31.9 Å². The Morgan fingerprint density at radius 3 is 2.68 bits per heavy atom. The molecule has 2 N–H and O–H groups in total. The maximum absolute atomic E-state index is 11.7. The van der Waals surface area contributed by atoms with E-state index in [1.807, 2.05) is 13.0 Å². The molecule has 0 spiro atoms. The van der Waals surface area contributed by atoms with Crippen LogP contribution in [0.15, 0.2) is 18.2 Å². The highest BCUT2D eigenvalue weighted by atomic mass is 16.4. The largest absolute Gasteiger partial charge is 0.478 e. The van der Waals surface area contributed by atoms with E-state index in [1.165, 1.54) is 0 Å². The van der Waals surface area contributed by atoms with Crippen LogP contribution in [0.2, 0.25) is 0 Å². The molecule has 2 rings (SSSR count). The number of hydrogen-bond acceptors (Lipinski definition) is 3. The minimum absolute atomic E-state index is 0.0677. The van der Waals surface area contributed by atoms with Gasteiger partial charge in [0.15, 0.2) is 0 Å². The second kappa shape index (κ2) is 5.30. The van der Waals surface area contributed by atoms with E-state index in [-0.39, 0.29) is 18.0 Å². The van der Waals surface area contributed by atoms with Crippen LogP contribution in [-0.4, -0.2) is 36.6 Å². The van der Waals surface area contributed by atoms with E-state index in [4.69, 9.17) is 0 Å². The second-order valence-electron chi connectivity index (χ2n) is 5.02. The summed E-state index contributed by atoms with van der Waals surface area (Å²) >= 11 is 0. The summed E-state index contributed by atoms with van der Waals surface area (Å²) in [5, 5.41) is 12.1. The van der Waals surface area contributed by atoms with Crippen LogP contribution in [0.1, 0.15) is 28.8 Å². The number of aryl methyl sites for hydroxylation is 1. The zero-order valence-electron chi connectivity index (χ0n) is 11.1. The number of anilines is 1. The lowest BCUT2D eigenvalue weighted by atomic mass is 10.1. The first-order valence-electron chi connectivity index (χ1n) is 6.32. The number of likely N-dealkylation sites (N-methyl/N-ethyl adjacent to an activating group) is 1. The molecular formula is C14H18N2O3. The van der Waals surface area contributed by atoms with Crippen molar-refractivity contribution >= 4 is 17.6 Å². The maximum Gasteiger partial charge on any atom is 0.337 e. The van der Waals surface area contributed by atoms with Crippen LogP contribution in [0.4, 0.5) is 5.69 Å². The lowest BCUT2D eigenvalue weighted by Crippen LogP contribution is -2.36. The number of benzene rings is 1. The van der Waals surface area contributed by atoms with Crippen molar-refractivity contribution in [2.75, 3.05) is 18.5 Å². The van der Waals surface area contributed by atoms with E-state index in [9.17, 15) is 14.7 Å². The van der Waals surface area contributed by atoms with Gasteiger partial charge in [-0.15, -0.1) is 0 Å². The molecule has 5 nitrogen and oxygen atoms in total. The number of nitrogens with zero attached hydrogens (tertiary/aromatic N) is 1. The average molecular weight is 262 g/mol. The molecule has 0 aliphatic heterocycles. The molecular weight excluding hydrogens is 244 g/mol. The Hall–Kier alpha value is -2.04. The number of hydrogen-bond donors (Lipinski definition) is 2. The zero-order valence-corrected chi connectivity index (χ0v) is 11.1. The molecule has 5 heteroatoms. The summed E-state index contributed by atoms with van der Waals surface area (Å²) in [6.07, 6.45) is 2.08. The number of carbonyl (C=O) groups excluding carboxylic acids is 1. The monoisotopic (exact) mass is 262 g/mol. The van der Waals surface area contributed by atoms with Gasteiger partial charge in [-0.3, -0.25) is 4.79 Å². The third-order valence-corrected chi connectivity index (χ3v) is 3.12. The minimum Gasteiger partial charge on any atom is -0.478 e. The summed E-state index contributed by atoms with van der Waals surface area (Å²) in [7, 11) is 1.73. The van der Waals surface area contributed by atoms with E-state index in [1.54, 1.807) is 24.1 Å². The Kier molecular flexibility index (Phi) is 3.74. The molecule has 1 aliphatic carbocycles. The van der Waals surface area contributed by atoms with Crippen LogP contribution in [0.5, 0.6) is 0 Å². The Morgan fingerprint density at radius 2 is 2.11 bits per heavy atom. The highest BCUT2D eigenvalue weighted by Gasteiger charge is 2.24. The van der Waals surface area contributed by atoms with Crippen molar-refractivity contribution in [1.29, 1.82) is 0 Å². The minimum atomic E-state index is -0.979. The van der Waals surface area contributed by atoms with Gasteiger partial charge in [0.05, 0.1) is 17.8 Å². The first-order chi connectivity index (χ1) is 8.97. The Balaban J connectivity index is 2.10. The highest BCUT2D eigenvalue weighted by molar-refractivity contribution is 5.95. The fraction of sp³-hybridized carbons (Fsp3) is 0.429. The normalized spacial score (nSPS) is 14.0. The van der Waals surface area contributed by atoms with Crippen molar-refractivity contribution in [3.63, 3.8) is 0 Å². The van der Waals surface area contributed by atoms with E-state index < -0.39 is 5.97 Å². The summed E-state index contributed by atoms with van der Waals surface area (Å²) in [5.74, 6) is -1.05. The van der Waals surface area contributed by atoms with Gasteiger partial charge < -0.3 is 15.3 Å². The van der Waals surface area contributed by atoms with Gasteiger partial charge in [-0.2, -0.15) is 0 Å². The molecule has 0 atom stereocenters. The van der Waals surface area contributed by atoms with Crippen LogP contribution in [0.25, 0.3) is 0 Å². The van der Waals surface area contributed by atoms with Crippen LogP contribution >= 0.6 is 0 Å². The molecule has 0 radical (unpaired) electrons. The van der Waals surface area contributed by atoms with Gasteiger partial charge in [0.25, 0.3) is 0 Å². The van der Waals surface area contributed by atoms with E-state index >= 15 is 0 Å². The average Bonchev–Trinajstić information content (AvgIpc) is 3.12.